The molecule has 0 bridgehead atoms. The van der Waals surface area contributed by atoms with Crippen LogP contribution < -0.4 is 4.90 Å². The molecule has 0 saturated carbocycles. The molecule has 0 saturated heterocycles. The maximum Gasteiger partial charge on any atom is 0.245 e. The van der Waals surface area contributed by atoms with E-state index in [1.165, 1.54) is 0 Å². The van der Waals surface area contributed by atoms with Crippen LogP contribution in [0.25, 0.3) is 0 Å². The highest BCUT2D eigenvalue weighted by Crippen LogP contribution is 2.32. The van der Waals surface area contributed by atoms with Gasteiger partial charge in [0.25, 0.3) is 0 Å². The van der Waals surface area contributed by atoms with E-state index in [1.807, 2.05) is 65.6 Å². The van der Waals surface area contributed by atoms with Gasteiger partial charge in [0.15, 0.2) is 0 Å². The Bertz CT molecular complexity index is 664. The van der Waals surface area contributed by atoms with Crippen molar-refractivity contribution in [3.8, 4) is 0 Å². The van der Waals surface area contributed by atoms with Gasteiger partial charge in [-0.1, -0.05) is 66.8 Å². The second kappa shape index (κ2) is 8.40. The van der Waals surface area contributed by atoms with Crippen LogP contribution >= 0.6 is 23.5 Å². The third-order valence-electron chi connectivity index (χ3n) is 3.70. The van der Waals surface area contributed by atoms with E-state index in [9.17, 15) is 4.79 Å². The van der Waals surface area contributed by atoms with E-state index < -0.39 is 0 Å². The van der Waals surface area contributed by atoms with E-state index in [0.717, 1.165) is 34.5 Å². The molecule has 24 heavy (non-hydrogen) atoms. The summed E-state index contributed by atoms with van der Waals surface area (Å²) in [6, 6.07) is 19.7. The number of aliphatic imine (C=N–C) groups is 1. The first kappa shape index (κ1) is 17.1. The number of nitrogens with zero attached hydrogens (tertiary/aromatic N) is 2. The molecule has 0 fully saturated rings. The molecule has 3 rings (SSSR count). The second-order valence-electron chi connectivity index (χ2n) is 5.36. The third-order valence-corrected chi connectivity index (χ3v) is 6.25. The molecule has 2 aromatic rings. The first-order chi connectivity index (χ1) is 11.8. The summed E-state index contributed by atoms with van der Waals surface area (Å²) in [6.07, 6.45) is 0.777. The van der Waals surface area contributed by atoms with Gasteiger partial charge in [-0.2, -0.15) is 0 Å². The summed E-state index contributed by atoms with van der Waals surface area (Å²) in [5, 5.41) is -0.130. The van der Waals surface area contributed by atoms with Crippen LogP contribution in [-0.4, -0.2) is 27.8 Å². The summed E-state index contributed by atoms with van der Waals surface area (Å²) in [6.45, 7) is 2.92. The highest BCUT2D eigenvalue weighted by atomic mass is 32.2. The quantitative estimate of drug-likeness (QED) is 0.758. The van der Waals surface area contributed by atoms with Crippen molar-refractivity contribution in [2.45, 2.75) is 18.6 Å². The van der Waals surface area contributed by atoms with Crippen molar-refractivity contribution in [3.05, 3.63) is 60.7 Å². The molecule has 1 heterocycles. The molecule has 0 N–H and O–H groups in total. The number of para-hydroxylation sites is 2. The van der Waals surface area contributed by atoms with Gasteiger partial charge in [0.1, 0.15) is 4.38 Å². The Morgan fingerprint density at radius 1 is 1.12 bits per heavy atom. The topological polar surface area (TPSA) is 32.7 Å². The lowest BCUT2D eigenvalue weighted by Gasteiger charge is -2.27. The molecule has 1 aliphatic rings. The van der Waals surface area contributed by atoms with Crippen LogP contribution in [-0.2, 0) is 4.79 Å². The summed E-state index contributed by atoms with van der Waals surface area (Å²) >= 11 is 3.35. The molecule has 2 aromatic carbocycles. The minimum Gasteiger partial charge on any atom is -0.280 e. The van der Waals surface area contributed by atoms with Gasteiger partial charge in [0, 0.05) is 17.1 Å². The van der Waals surface area contributed by atoms with E-state index in [4.69, 9.17) is 0 Å². The maximum atomic E-state index is 13.3. The third kappa shape index (κ3) is 4.02. The minimum atomic E-state index is -0.130. The Kier molecular flexibility index (Phi) is 5.99. The van der Waals surface area contributed by atoms with Gasteiger partial charge < -0.3 is 0 Å². The smallest absolute Gasteiger partial charge is 0.245 e. The van der Waals surface area contributed by atoms with Crippen molar-refractivity contribution in [2.24, 2.45) is 4.99 Å². The zero-order valence-corrected chi connectivity index (χ0v) is 15.2. The SMILES string of the molecule is CCC(SC1=NCCS1)C(=O)N(c1ccccc1)c1ccccc1. The molecule has 0 aromatic heterocycles. The van der Waals surface area contributed by atoms with E-state index in [1.54, 1.807) is 23.5 Å². The molecular formula is C19H20N2OS2. The van der Waals surface area contributed by atoms with Gasteiger partial charge in [-0.25, -0.2) is 0 Å². The fraction of sp³-hybridized carbons (Fsp3) is 0.263. The molecule has 1 unspecified atom stereocenters. The molecule has 0 radical (unpaired) electrons. The van der Waals surface area contributed by atoms with Crippen molar-refractivity contribution in [3.63, 3.8) is 0 Å². The first-order valence-electron chi connectivity index (χ1n) is 8.07. The van der Waals surface area contributed by atoms with Crippen LogP contribution in [0.1, 0.15) is 13.3 Å². The Hall–Kier alpha value is -1.72. The maximum absolute atomic E-state index is 13.3. The largest absolute Gasteiger partial charge is 0.280 e. The van der Waals surface area contributed by atoms with Crippen LogP contribution in [0.3, 0.4) is 0 Å². The molecule has 124 valence electrons. The van der Waals surface area contributed by atoms with E-state index in [0.29, 0.717) is 0 Å². The summed E-state index contributed by atoms with van der Waals surface area (Å²) in [7, 11) is 0. The Morgan fingerprint density at radius 3 is 2.17 bits per heavy atom. The molecule has 1 amide bonds. The molecule has 0 aliphatic carbocycles. The highest BCUT2D eigenvalue weighted by molar-refractivity contribution is 8.39. The summed E-state index contributed by atoms with van der Waals surface area (Å²) in [5.74, 6) is 1.13. The predicted molar refractivity (Wildman–Crippen MR) is 106 cm³/mol. The molecule has 0 spiro atoms. The fourth-order valence-corrected chi connectivity index (χ4v) is 4.71. The standard InChI is InChI=1S/C19H20N2OS2/c1-2-17(24-19-20-13-14-23-19)18(22)21(15-9-5-3-6-10-15)16-11-7-4-8-12-16/h3-12,17H,2,13-14H2,1H3. The van der Waals surface area contributed by atoms with Crippen molar-refractivity contribution in [2.75, 3.05) is 17.2 Å². The second-order valence-corrected chi connectivity index (χ2v) is 7.89. The van der Waals surface area contributed by atoms with Gasteiger partial charge in [-0.15, -0.1) is 0 Å². The summed E-state index contributed by atoms with van der Waals surface area (Å²) < 4.78 is 1.04. The zero-order chi connectivity index (χ0) is 16.8. The summed E-state index contributed by atoms with van der Waals surface area (Å²) in [4.78, 5) is 19.6. The number of anilines is 2. The molecule has 5 heteroatoms. The summed E-state index contributed by atoms with van der Waals surface area (Å²) in [5.41, 5.74) is 1.79. The number of hydrogen-bond acceptors (Lipinski definition) is 4. The van der Waals surface area contributed by atoms with Crippen LogP contribution in [0.5, 0.6) is 0 Å². The lowest BCUT2D eigenvalue weighted by atomic mass is 10.2. The van der Waals surface area contributed by atoms with Crippen LogP contribution in [0, 0.1) is 0 Å². The minimum absolute atomic E-state index is 0.107. The van der Waals surface area contributed by atoms with Crippen LogP contribution in [0.2, 0.25) is 0 Å². The molecule has 1 atom stereocenters. The van der Waals surface area contributed by atoms with Crippen molar-refractivity contribution >= 4 is 45.2 Å². The Labute approximate surface area is 151 Å². The van der Waals surface area contributed by atoms with E-state index in [-0.39, 0.29) is 11.2 Å². The average Bonchev–Trinajstić information content (AvgIpc) is 3.15. The van der Waals surface area contributed by atoms with Crippen molar-refractivity contribution < 1.29 is 4.79 Å². The van der Waals surface area contributed by atoms with Crippen molar-refractivity contribution in [1.82, 2.24) is 0 Å². The zero-order valence-electron chi connectivity index (χ0n) is 13.6. The number of rotatable bonds is 5. The Morgan fingerprint density at radius 2 is 1.71 bits per heavy atom. The number of thioether (sulfide) groups is 2. The van der Waals surface area contributed by atoms with Gasteiger partial charge in [0.2, 0.25) is 5.91 Å². The van der Waals surface area contributed by atoms with Gasteiger partial charge in [0.05, 0.1) is 11.8 Å². The molecular weight excluding hydrogens is 336 g/mol. The Balaban J connectivity index is 1.90. The molecule has 1 aliphatic heterocycles. The van der Waals surface area contributed by atoms with Gasteiger partial charge in [-0.3, -0.25) is 14.7 Å². The van der Waals surface area contributed by atoms with Gasteiger partial charge >= 0.3 is 0 Å². The number of carbonyl (C=O) groups excluding carboxylic acids is 1. The first-order valence-corrected chi connectivity index (χ1v) is 9.94. The lowest BCUT2D eigenvalue weighted by Crippen LogP contribution is -2.34. The number of carbonyl (C=O) groups is 1. The van der Waals surface area contributed by atoms with Crippen molar-refractivity contribution in [1.29, 1.82) is 0 Å². The average molecular weight is 357 g/mol. The van der Waals surface area contributed by atoms with Gasteiger partial charge in [-0.05, 0) is 30.7 Å². The van der Waals surface area contributed by atoms with E-state index in [2.05, 4.69) is 11.9 Å². The monoisotopic (exact) mass is 356 g/mol. The predicted octanol–water partition coefficient (Wildman–Crippen LogP) is 4.97. The normalized spacial score (nSPS) is 15.0. The number of benzene rings is 2. The van der Waals surface area contributed by atoms with E-state index >= 15 is 0 Å². The molecule has 3 nitrogen and oxygen atoms in total. The van der Waals surface area contributed by atoms with Crippen LogP contribution in [0.15, 0.2) is 65.7 Å². The highest BCUT2D eigenvalue weighted by Gasteiger charge is 2.28. The lowest BCUT2D eigenvalue weighted by molar-refractivity contribution is -0.117. The number of hydrogen-bond donors (Lipinski definition) is 0. The number of amides is 1. The fourth-order valence-electron chi connectivity index (χ4n) is 2.52. The van der Waals surface area contributed by atoms with Crippen LogP contribution in [0.4, 0.5) is 11.4 Å².